The van der Waals surface area contributed by atoms with Crippen molar-refractivity contribution in [2.24, 2.45) is 0 Å². The van der Waals surface area contributed by atoms with E-state index in [1.807, 2.05) is 65.4 Å². The number of amides is 3. The number of urea groups is 1. The molecule has 1 aromatic heterocycles. The number of para-hydroxylation sites is 2. The van der Waals surface area contributed by atoms with Gasteiger partial charge in [0.2, 0.25) is 11.9 Å². The Labute approximate surface area is 201 Å². The summed E-state index contributed by atoms with van der Waals surface area (Å²) in [5, 5.41) is 14.9. The summed E-state index contributed by atoms with van der Waals surface area (Å²) in [5.74, 6) is -0.503. The molecule has 9 nitrogen and oxygen atoms in total. The number of hydrogen-bond donors (Lipinski definition) is 3. The van der Waals surface area contributed by atoms with Gasteiger partial charge in [-0.3, -0.25) is 9.69 Å². The molecule has 3 amide bonds. The minimum Gasteiger partial charge on any atom is -0.480 e. The van der Waals surface area contributed by atoms with Gasteiger partial charge >= 0.3 is 12.0 Å². The summed E-state index contributed by atoms with van der Waals surface area (Å²) in [6.45, 7) is 1.04. The second kappa shape index (κ2) is 10.6. The molecule has 3 aromatic rings. The molecule has 0 fully saturated rings. The Hall–Kier alpha value is -3.53. The third-order valence-corrected chi connectivity index (χ3v) is 6.43. The van der Waals surface area contributed by atoms with Gasteiger partial charge in [0, 0.05) is 19.5 Å². The van der Waals surface area contributed by atoms with E-state index >= 15 is 0 Å². The summed E-state index contributed by atoms with van der Waals surface area (Å²) >= 11 is 1.51. The summed E-state index contributed by atoms with van der Waals surface area (Å²) in [6.07, 6.45) is 2.41. The molecule has 1 aliphatic rings. The summed E-state index contributed by atoms with van der Waals surface area (Å²) in [5.41, 5.74) is 2.60. The molecule has 34 heavy (non-hydrogen) atoms. The molecule has 0 spiro atoms. The maximum atomic E-state index is 13.2. The minimum atomic E-state index is -1.10. The van der Waals surface area contributed by atoms with Crippen molar-refractivity contribution in [1.82, 2.24) is 20.2 Å². The maximum Gasteiger partial charge on any atom is 0.326 e. The highest BCUT2D eigenvalue weighted by Crippen LogP contribution is 2.27. The molecule has 2 heterocycles. The van der Waals surface area contributed by atoms with Crippen molar-refractivity contribution in [3.05, 3.63) is 60.2 Å². The van der Waals surface area contributed by atoms with Gasteiger partial charge in [0.25, 0.3) is 0 Å². The lowest BCUT2D eigenvalue weighted by molar-refractivity contribution is -0.142. The van der Waals surface area contributed by atoms with Crippen LogP contribution in [0.5, 0.6) is 0 Å². The standard InChI is InChI=1S/C24H27N5O4S/c1-34-14-11-18(22(31)32)25-21(30)19(15-16-7-3-2-4-8-16)27-24(33)29-13-12-28-20-10-6-5-9-17(20)26-23(28)29/h2-10,18-19H,11-15H2,1H3,(H,25,30)(H,27,33)(H,31,32)/t18-,19-/m0/s1. The highest BCUT2D eigenvalue weighted by molar-refractivity contribution is 7.98. The van der Waals surface area contributed by atoms with E-state index in [0.717, 1.165) is 16.6 Å². The van der Waals surface area contributed by atoms with Crippen molar-refractivity contribution < 1.29 is 19.5 Å². The molecule has 3 N–H and O–H groups in total. The zero-order valence-electron chi connectivity index (χ0n) is 18.8. The fourth-order valence-electron chi connectivity index (χ4n) is 4.03. The lowest BCUT2D eigenvalue weighted by Gasteiger charge is -2.24. The average molecular weight is 482 g/mol. The quantitative estimate of drug-likeness (QED) is 0.432. The summed E-state index contributed by atoms with van der Waals surface area (Å²) < 4.78 is 1.98. The number of rotatable bonds is 9. The minimum absolute atomic E-state index is 0.234. The van der Waals surface area contributed by atoms with Crippen molar-refractivity contribution in [2.45, 2.75) is 31.5 Å². The van der Waals surface area contributed by atoms with Crippen LogP contribution >= 0.6 is 11.8 Å². The smallest absolute Gasteiger partial charge is 0.326 e. The van der Waals surface area contributed by atoms with Gasteiger partial charge in [0.1, 0.15) is 12.1 Å². The van der Waals surface area contributed by atoms with Crippen molar-refractivity contribution >= 4 is 46.7 Å². The van der Waals surface area contributed by atoms with E-state index in [1.165, 1.54) is 16.7 Å². The number of nitrogens with zero attached hydrogens (tertiary/aromatic N) is 3. The molecule has 0 saturated carbocycles. The lowest BCUT2D eigenvalue weighted by atomic mass is 10.0. The van der Waals surface area contributed by atoms with E-state index in [1.54, 1.807) is 0 Å². The van der Waals surface area contributed by atoms with Crippen LogP contribution in [0, 0.1) is 0 Å². The van der Waals surface area contributed by atoms with E-state index in [-0.39, 0.29) is 6.42 Å². The first-order valence-corrected chi connectivity index (χ1v) is 12.5. The molecule has 1 aliphatic heterocycles. The first-order chi connectivity index (χ1) is 16.5. The molecule has 0 radical (unpaired) electrons. The Balaban J connectivity index is 1.53. The molecular formula is C24H27N5O4S. The van der Waals surface area contributed by atoms with Gasteiger partial charge in [0.05, 0.1) is 11.0 Å². The molecular weight excluding hydrogens is 454 g/mol. The van der Waals surface area contributed by atoms with Gasteiger partial charge in [-0.05, 0) is 36.1 Å². The van der Waals surface area contributed by atoms with Crippen LogP contribution in [0.1, 0.15) is 12.0 Å². The van der Waals surface area contributed by atoms with Crippen LogP contribution in [0.15, 0.2) is 54.6 Å². The molecule has 2 atom stereocenters. The van der Waals surface area contributed by atoms with E-state index in [4.69, 9.17) is 0 Å². The number of carboxylic acid groups (broad SMARTS) is 1. The normalized spacial score (nSPS) is 14.4. The molecule has 10 heteroatoms. The van der Waals surface area contributed by atoms with Crippen LogP contribution in [0.4, 0.5) is 10.7 Å². The van der Waals surface area contributed by atoms with Gasteiger partial charge < -0.3 is 20.3 Å². The molecule has 0 saturated heterocycles. The second-order valence-corrected chi connectivity index (χ2v) is 9.06. The summed E-state index contributed by atoms with van der Waals surface area (Å²) in [7, 11) is 0. The Morgan fingerprint density at radius 3 is 2.50 bits per heavy atom. The van der Waals surface area contributed by atoms with Crippen LogP contribution in [0.25, 0.3) is 11.0 Å². The van der Waals surface area contributed by atoms with E-state index in [2.05, 4.69) is 15.6 Å². The van der Waals surface area contributed by atoms with Gasteiger partial charge in [-0.2, -0.15) is 11.8 Å². The van der Waals surface area contributed by atoms with E-state index < -0.39 is 30.0 Å². The predicted molar refractivity (Wildman–Crippen MR) is 132 cm³/mol. The molecule has 0 unspecified atom stereocenters. The number of thioether (sulfide) groups is 1. The number of carbonyl (C=O) groups excluding carboxylic acids is 2. The SMILES string of the molecule is CSCC[C@H](NC(=O)[C@H](Cc1ccccc1)NC(=O)N1CCn2c1nc1ccccc12)C(=O)O. The highest BCUT2D eigenvalue weighted by atomic mass is 32.2. The lowest BCUT2D eigenvalue weighted by Crippen LogP contribution is -2.55. The number of nitrogens with one attached hydrogen (secondary N) is 2. The number of hydrogen-bond acceptors (Lipinski definition) is 5. The third-order valence-electron chi connectivity index (χ3n) is 5.79. The van der Waals surface area contributed by atoms with Crippen molar-refractivity contribution in [1.29, 1.82) is 0 Å². The highest BCUT2D eigenvalue weighted by Gasteiger charge is 2.32. The first-order valence-electron chi connectivity index (χ1n) is 11.1. The maximum absolute atomic E-state index is 13.2. The third kappa shape index (κ3) is 5.17. The fourth-order valence-corrected chi connectivity index (χ4v) is 4.50. The second-order valence-electron chi connectivity index (χ2n) is 8.08. The largest absolute Gasteiger partial charge is 0.480 e. The molecule has 2 aromatic carbocycles. The number of carbonyl (C=O) groups is 3. The monoisotopic (exact) mass is 481 g/mol. The summed E-state index contributed by atoms with van der Waals surface area (Å²) in [4.78, 5) is 44.1. The number of aliphatic carboxylic acids is 1. The topological polar surface area (TPSA) is 117 Å². The van der Waals surface area contributed by atoms with Gasteiger partial charge in [0.15, 0.2) is 0 Å². The first kappa shape index (κ1) is 23.6. The van der Waals surface area contributed by atoms with Gasteiger partial charge in [-0.15, -0.1) is 0 Å². The number of carboxylic acids is 1. The fraction of sp³-hybridized carbons (Fsp3) is 0.333. The Kier molecular flexibility index (Phi) is 7.36. The average Bonchev–Trinajstić information content (AvgIpc) is 3.41. The number of aromatic nitrogens is 2. The molecule has 4 rings (SSSR count). The Bertz CT molecular complexity index is 1180. The molecule has 0 bridgehead atoms. The molecule has 0 aliphatic carbocycles. The Morgan fingerprint density at radius 1 is 1.03 bits per heavy atom. The van der Waals surface area contributed by atoms with Crippen molar-refractivity contribution in [2.75, 3.05) is 23.5 Å². The van der Waals surface area contributed by atoms with E-state index in [0.29, 0.717) is 31.2 Å². The number of anilines is 1. The van der Waals surface area contributed by atoms with Gasteiger partial charge in [-0.25, -0.2) is 14.6 Å². The zero-order valence-corrected chi connectivity index (χ0v) is 19.6. The number of fused-ring (bicyclic) bond motifs is 3. The van der Waals surface area contributed by atoms with Crippen molar-refractivity contribution in [3.8, 4) is 0 Å². The summed E-state index contributed by atoms with van der Waals surface area (Å²) in [6, 6.07) is 14.6. The van der Waals surface area contributed by atoms with Crippen LogP contribution in [-0.2, 0) is 22.6 Å². The van der Waals surface area contributed by atoms with E-state index in [9.17, 15) is 19.5 Å². The zero-order chi connectivity index (χ0) is 24.1. The Morgan fingerprint density at radius 2 is 1.76 bits per heavy atom. The van der Waals surface area contributed by atoms with Crippen LogP contribution in [0.2, 0.25) is 0 Å². The van der Waals surface area contributed by atoms with Crippen LogP contribution < -0.4 is 15.5 Å². The van der Waals surface area contributed by atoms with Crippen LogP contribution in [0.3, 0.4) is 0 Å². The molecule has 178 valence electrons. The van der Waals surface area contributed by atoms with Crippen LogP contribution in [-0.4, -0.2) is 63.2 Å². The van der Waals surface area contributed by atoms with Crippen molar-refractivity contribution in [3.63, 3.8) is 0 Å². The number of benzene rings is 2. The predicted octanol–water partition coefficient (Wildman–Crippen LogP) is 2.50. The van der Waals surface area contributed by atoms with Gasteiger partial charge in [-0.1, -0.05) is 42.5 Å². The number of imidazole rings is 1.